The van der Waals surface area contributed by atoms with Crippen molar-refractivity contribution >= 4 is 11.8 Å². The summed E-state index contributed by atoms with van der Waals surface area (Å²) in [5, 5.41) is 0. The van der Waals surface area contributed by atoms with E-state index in [1.807, 2.05) is 25.2 Å². The third kappa shape index (κ3) is 3.33. The maximum Gasteiger partial charge on any atom is 0.312 e. The lowest BCUT2D eigenvalue weighted by atomic mass is 9.47. The Balaban J connectivity index is 1.52. The van der Waals surface area contributed by atoms with Gasteiger partial charge in [0.2, 0.25) is 0 Å². The highest BCUT2D eigenvalue weighted by molar-refractivity contribution is 6.01. The van der Waals surface area contributed by atoms with Crippen LogP contribution in [-0.4, -0.2) is 18.9 Å². The molecule has 3 nitrogen and oxygen atoms in total. The first-order valence-electron chi connectivity index (χ1n) is 11.9. The predicted molar refractivity (Wildman–Crippen MR) is 120 cm³/mol. The smallest absolute Gasteiger partial charge is 0.312 e. The van der Waals surface area contributed by atoms with E-state index in [1.165, 1.54) is 44.8 Å². The first-order valence-corrected chi connectivity index (χ1v) is 11.9. The highest BCUT2D eigenvalue weighted by Crippen LogP contribution is 2.66. The Morgan fingerprint density at radius 3 is 2.63 bits per heavy atom. The molecule has 0 amide bonds. The number of ketones is 1. The Hall–Kier alpha value is -1.64. The molecule has 4 aliphatic rings. The van der Waals surface area contributed by atoms with Gasteiger partial charge in [0.1, 0.15) is 0 Å². The van der Waals surface area contributed by atoms with Crippen LogP contribution in [0, 0.1) is 46.3 Å². The van der Waals surface area contributed by atoms with E-state index in [-0.39, 0.29) is 23.1 Å². The predicted octanol–water partition coefficient (Wildman–Crippen LogP) is 5.91. The van der Waals surface area contributed by atoms with Gasteiger partial charge in [-0.25, -0.2) is 0 Å². The summed E-state index contributed by atoms with van der Waals surface area (Å²) in [6.07, 6.45) is 17.8. The van der Waals surface area contributed by atoms with Gasteiger partial charge in [-0.2, -0.15) is 0 Å². The fourth-order valence-corrected chi connectivity index (χ4v) is 7.84. The maximum atomic E-state index is 11.9. The molecule has 0 heterocycles. The van der Waals surface area contributed by atoms with Crippen LogP contribution in [0.25, 0.3) is 0 Å². The third-order valence-electron chi connectivity index (χ3n) is 9.54. The molecule has 0 saturated heterocycles. The average molecular weight is 411 g/mol. The number of allylic oxidation sites excluding steroid dienone is 5. The van der Waals surface area contributed by atoms with E-state index < -0.39 is 0 Å². The molecular weight excluding hydrogens is 372 g/mol. The van der Waals surface area contributed by atoms with Crippen molar-refractivity contribution in [2.45, 2.75) is 66.2 Å². The Bertz CT molecular complexity index is 805. The SMILES string of the molecule is COC(=O)[C@@H](C)/C=C/[C@@H](C)[C@H]1CC[C@H]2[C@@H]3CCC4=CC(=O)C=C[C@]4(C)[C@H]3CC[C@]12C. The van der Waals surface area contributed by atoms with E-state index in [1.54, 1.807) is 0 Å². The molecule has 0 aromatic heterocycles. The standard InChI is InChI=1S/C27H38O3/c1-17(6-7-18(2)25(29)30-5)22-10-11-23-21-9-8-19-16-20(28)12-14-26(19,3)24(21)13-15-27(22,23)4/h6-7,12,14,16-18,21-24H,8-11,13,15H2,1-5H3/b7-6+/t17-,18+,21+,22-,23+,24+,26+,27-/m1/s1. The van der Waals surface area contributed by atoms with Crippen molar-refractivity contribution in [2.75, 3.05) is 7.11 Å². The number of carbonyl (C=O) groups is 2. The first kappa shape index (κ1) is 21.6. The first-order chi connectivity index (χ1) is 14.2. The Labute approximate surface area is 182 Å². The van der Waals surface area contributed by atoms with E-state index in [2.05, 4.69) is 32.9 Å². The molecule has 3 heteroatoms. The fourth-order valence-electron chi connectivity index (χ4n) is 7.84. The van der Waals surface area contributed by atoms with Crippen LogP contribution in [0.2, 0.25) is 0 Å². The molecule has 3 fully saturated rings. The van der Waals surface area contributed by atoms with Gasteiger partial charge >= 0.3 is 5.97 Å². The van der Waals surface area contributed by atoms with Gasteiger partial charge in [0.25, 0.3) is 0 Å². The molecule has 3 saturated carbocycles. The van der Waals surface area contributed by atoms with E-state index in [9.17, 15) is 9.59 Å². The van der Waals surface area contributed by atoms with Crippen LogP contribution in [0.3, 0.4) is 0 Å². The van der Waals surface area contributed by atoms with Gasteiger partial charge in [0.05, 0.1) is 13.0 Å². The van der Waals surface area contributed by atoms with Gasteiger partial charge in [-0.1, -0.05) is 44.6 Å². The summed E-state index contributed by atoms with van der Waals surface area (Å²) < 4.78 is 4.87. The molecule has 164 valence electrons. The second-order valence-corrected chi connectivity index (χ2v) is 10.9. The van der Waals surface area contributed by atoms with Gasteiger partial charge < -0.3 is 4.74 Å². The zero-order valence-corrected chi connectivity index (χ0v) is 19.3. The minimum atomic E-state index is -0.178. The molecule has 8 atom stereocenters. The largest absolute Gasteiger partial charge is 0.469 e. The maximum absolute atomic E-state index is 11.9. The summed E-state index contributed by atoms with van der Waals surface area (Å²) >= 11 is 0. The number of fused-ring (bicyclic) bond motifs is 5. The molecule has 4 aliphatic carbocycles. The number of carbonyl (C=O) groups excluding carboxylic acids is 2. The molecule has 0 N–H and O–H groups in total. The zero-order chi connectivity index (χ0) is 21.7. The summed E-state index contributed by atoms with van der Waals surface area (Å²) in [6.45, 7) is 9.18. The topological polar surface area (TPSA) is 43.4 Å². The molecule has 0 aromatic carbocycles. The van der Waals surface area contributed by atoms with Crippen LogP contribution in [0.15, 0.2) is 36.0 Å². The van der Waals surface area contributed by atoms with E-state index in [0.29, 0.717) is 23.2 Å². The number of hydrogen-bond donors (Lipinski definition) is 0. The number of ether oxygens (including phenoxy) is 1. The number of rotatable bonds is 4. The summed E-state index contributed by atoms with van der Waals surface area (Å²) in [5.74, 6) is 3.20. The minimum absolute atomic E-state index is 0.0811. The normalized spacial score (nSPS) is 42.2. The van der Waals surface area contributed by atoms with Crippen molar-refractivity contribution < 1.29 is 14.3 Å². The molecular formula is C27H38O3. The van der Waals surface area contributed by atoms with Crippen LogP contribution in [0.5, 0.6) is 0 Å². The lowest BCUT2D eigenvalue weighted by molar-refractivity contribution is -0.143. The van der Waals surface area contributed by atoms with Gasteiger partial charge in [-0.3, -0.25) is 9.59 Å². The van der Waals surface area contributed by atoms with Gasteiger partial charge in [0.15, 0.2) is 5.78 Å². The van der Waals surface area contributed by atoms with Crippen LogP contribution >= 0.6 is 0 Å². The Morgan fingerprint density at radius 1 is 1.13 bits per heavy atom. The number of esters is 1. The van der Waals surface area contributed by atoms with Crippen molar-refractivity contribution in [3.63, 3.8) is 0 Å². The molecule has 0 spiro atoms. The van der Waals surface area contributed by atoms with Crippen molar-refractivity contribution in [1.82, 2.24) is 0 Å². The third-order valence-corrected chi connectivity index (χ3v) is 9.54. The van der Waals surface area contributed by atoms with Gasteiger partial charge in [0, 0.05) is 5.41 Å². The van der Waals surface area contributed by atoms with Crippen molar-refractivity contribution in [3.05, 3.63) is 36.0 Å². The Morgan fingerprint density at radius 2 is 1.90 bits per heavy atom. The molecule has 0 aliphatic heterocycles. The van der Waals surface area contributed by atoms with Crippen LogP contribution in [0.4, 0.5) is 0 Å². The van der Waals surface area contributed by atoms with E-state index in [4.69, 9.17) is 4.74 Å². The monoisotopic (exact) mass is 410 g/mol. The summed E-state index contributed by atoms with van der Waals surface area (Å²) in [6, 6.07) is 0. The molecule has 30 heavy (non-hydrogen) atoms. The molecule has 0 unspecified atom stereocenters. The second-order valence-electron chi connectivity index (χ2n) is 10.9. The lowest BCUT2D eigenvalue weighted by Crippen LogP contribution is -2.50. The van der Waals surface area contributed by atoms with Crippen LogP contribution in [0.1, 0.15) is 66.2 Å². The number of methoxy groups -OCH3 is 1. The van der Waals surface area contributed by atoms with Gasteiger partial charge in [-0.15, -0.1) is 0 Å². The molecule has 0 aromatic rings. The van der Waals surface area contributed by atoms with Crippen molar-refractivity contribution in [2.24, 2.45) is 46.3 Å². The Kier molecular flexibility index (Phi) is 5.61. The number of hydrogen-bond acceptors (Lipinski definition) is 3. The highest BCUT2D eigenvalue weighted by atomic mass is 16.5. The molecule has 0 bridgehead atoms. The minimum Gasteiger partial charge on any atom is -0.469 e. The quantitative estimate of drug-likeness (QED) is 0.427. The molecule has 4 rings (SSSR count). The summed E-state index contributed by atoms with van der Waals surface area (Å²) in [7, 11) is 1.46. The van der Waals surface area contributed by atoms with Crippen molar-refractivity contribution in [3.8, 4) is 0 Å². The van der Waals surface area contributed by atoms with Gasteiger partial charge in [-0.05, 0) is 92.6 Å². The second kappa shape index (κ2) is 7.80. The van der Waals surface area contributed by atoms with Crippen LogP contribution < -0.4 is 0 Å². The van der Waals surface area contributed by atoms with E-state index in [0.717, 1.165) is 18.3 Å². The average Bonchev–Trinajstić information content (AvgIpc) is 3.09. The molecule has 0 radical (unpaired) electrons. The zero-order valence-electron chi connectivity index (χ0n) is 19.3. The fraction of sp³-hybridized carbons (Fsp3) is 0.704. The highest BCUT2D eigenvalue weighted by Gasteiger charge is 2.58. The van der Waals surface area contributed by atoms with E-state index >= 15 is 0 Å². The van der Waals surface area contributed by atoms with Crippen molar-refractivity contribution in [1.29, 1.82) is 0 Å². The lowest BCUT2D eigenvalue weighted by Gasteiger charge is -2.57. The summed E-state index contributed by atoms with van der Waals surface area (Å²) in [5.41, 5.74) is 1.84. The van der Waals surface area contributed by atoms with Crippen LogP contribution in [-0.2, 0) is 14.3 Å². The summed E-state index contributed by atoms with van der Waals surface area (Å²) in [4.78, 5) is 23.7.